The van der Waals surface area contributed by atoms with Crippen LogP contribution in [0.3, 0.4) is 0 Å². The number of benzene rings is 2. The van der Waals surface area contributed by atoms with Crippen LogP contribution in [0.25, 0.3) is 0 Å². The quantitative estimate of drug-likeness (QED) is 0.374. The van der Waals surface area contributed by atoms with Crippen LogP contribution in [-0.2, 0) is 11.2 Å². The second-order valence-electron chi connectivity index (χ2n) is 8.55. The summed E-state index contributed by atoms with van der Waals surface area (Å²) >= 11 is 5.95. The highest BCUT2D eigenvalue weighted by Gasteiger charge is 2.16. The van der Waals surface area contributed by atoms with Gasteiger partial charge in [0.1, 0.15) is 0 Å². The second kappa shape index (κ2) is 15.4. The molecule has 2 rings (SSSR count). The minimum absolute atomic E-state index is 0.0284. The second-order valence-corrected chi connectivity index (χ2v) is 8.98. The van der Waals surface area contributed by atoms with Crippen molar-refractivity contribution < 1.29 is 9.59 Å². The number of carbonyl (C=O) groups is 2. The maximum atomic E-state index is 13.0. The first kappa shape index (κ1) is 27.7. The first-order valence-corrected chi connectivity index (χ1v) is 12.7. The summed E-state index contributed by atoms with van der Waals surface area (Å²) in [6.45, 7) is 10.4. The molecule has 0 fully saturated rings. The Morgan fingerprint density at radius 3 is 2.26 bits per heavy atom. The third kappa shape index (κ3) is 10.6. The van der Waals surface area contributed by atoms with Gasteiger partial charge in [-0.15, -0.1) is 0 Å². The van der Waals surface area contributed by atoms with Crippen molar-refractivity contribution in [2.45, 2.75) is 52.5 Å². The van der Waals surface area contributed by atoms with Crippen molar-refractivity contribution in [1.82, 2.24) is 15.1 Å². The molecule has 0 aliphatic rings. The molecule has 2 aromatic rings. The van der Waals surface area contributed by atoms with Crippen LogP contribution in [0.4, 0.5) is 10.5 Å². The van der Waals surface area contributed by atoms with E-state index in [0.29, 0.717) is 23.8 Å². The van der Waals surface area contributed by atoms with Gasteiger partial charge in [0.15, 0.2) is 0 Å². The Balaban J connectivity index is 1.87. The summed E-state index contributed by atoms with van der Waals surface area (Å²) < 4.78 is 0. The fourth-order valence-corrected chi connectivity index (χ4v) is 3.90. The molecule has 0 aromatic heterocycles. The molecule has 2 aromatic carbocycles. The van der Waals surface area contributed by atoms with Gasteiger partial charge in [-0.1, -0.05) is 55.8 Å². The molecule has 0 radical (unpaired) electrons. The van der Waals surface area contributed by atoms with Crippen LogP contribution in [0.5, 0.6) is 0 Å². The number of rotatable bonds is 14. The van der Waals surface area contributed by atoms with Gasteiger partial charge in [-0.2, -0.15) is 0 Å². The van der Waals surface area contributed by atoms with Gasteiger partial charge in [0, 0.05) is 36.3 Å². The summed E-state index contributed by atoms with van der Waals surface area (Å²) in [5, 5.41) is 6.61. The number of carbonyl (C=O) groups excluding carboxylic acids is 2. The van der Waals surface area contributed by atoms with Gasteiger partial charge in [0.25, 0.3) is 0 Å². The molecule has 0 bridgehead atoms. The van der Waals surface area contributed by atoms with Crippen molar-refractivity contribution in [2.24, 2.45) is 0 Å². The van der Waals surface area contributed by atoms with Gasteiger partial charge in [-0.25, -0.2) is 4.79 Å². The van der Waals surface area contributed by atoms with E-state index >= 15 is 0 Å². The van der Waals surface area contributed by atoms with Crippen molar-refractivity contribution in [2.75, 3.05) is 38.0 Å². The van der Waals surface area contributed by atoms with E-state index in [0.717, 1.165) is 44.5 Å². The summed E-state index contributed by atoms with van der Waals surface area (Å²) in [6, 6.07) is 16.9. The maximum Gasteiger partial charge on any atom is 0.321 e. The van der Waals surface area contributed by atoms with E-state index < -0.39 is 0 Å². The van der Waals surface area contributed by atoms with E-state index in [1.165, 1.54) is 0 Å². The number of halogens is 1. The third-order valence-electron chi connectivity index (χ3n) is 5.92. The summed E-state index contributed by atoms with van der Waals surface area (Å²) in [6.07, 6.45) is 2.98. The van der Waals surface area contributed by atoms with Crippen molar-refractivity contribution in [3.63, 3.8) is 0 Å². The Labute approximate surface area is 209 Å². The SMILES string of the molecule is CCN(CC)CCCC(C)NC(=O)CCN(CCc1ccccc1)C(=O)Nc1ccc(Cl)cc1. The van der Waals surface area contributed by atoms with Gasteiger partial charge < -0.3 is 20.4 Å². The highest BCUT2D eigenvalue weighted by atomic mass is 35.5. The molecule has 0 heterocycles. The number of hydrogen-bond donors (Lipinski definition) is 2. The molecule has 34 heavy (non-hydrogen) atoms. The van der Waals surface area contributed by atoms with Crippen LogP contribution in [0.2, 0.25) is 5.02 Å². The Hall–Kier alpha value is -2.57. The van der Waals surface area contributed by atoms with E-state index in [4.69, 9.17) is 11.6 Å². The average molecular weight is 487 g/mol. The van der Waals surface area contributed by atoms with Crippen LogP contribution in [0.1, 0.15) is 45.6 Å². The number of amides is 3. The minimum Gasteiger partial charge on any atom is -0.354 e. The van der Waals surface area contributed by atoms with Crippen LogP contribution in [0, 0.1) is 0 Å². The Morgan fingerprint density at radius 2 is 1.62 bits per heavy atom. The van der Waals surface area contributed by atoms with Gasteiger partial charge >= 0.3 is 6.03 Å². The van der Waals surface area contributed by atoms with E-state index in [1.54, 1.807) is 29.2 Å². The van der Waals surface area contributed by atoms with Crippen molar-refractivity contribution in [1.29, 1.82) is 0 Å². The first-order valence-electron chi connectivity index (χ1n) is 12.3. The minimum atomic E-state index is -0.224. The summed E-state index contributed by atoms with van der Waals surface area (Å²) in [5.41, 5.74) is 1.82. The lowest BCUT2D eigenvalue weighted by Gasteiger charge is -2.24. The molecule has 0 saturated carbocycles. The predicted molar refractivity (Wildman–Crippen MR) is 141 cm³/mol. The van der Waals surface area contributed by atoms with Crippen LogP contribution in [-0.4, -0.2) is 60.5 Å². The molecule has 0 saturated heterocycles. The monoisotopic (exact) mass is 486 g/mol. The number of anilines is 1. The van der Waals surface area contributed by atoms with Crippen molar-refractivity contribution >= 4 is 29.2 Å². The Kier molecular flexibility index (Phi) is 12.5. The van der Waals surface area contributed by atoms with Crippen molar-refractivity contribution in [3.8, 4) is 0 Å². The Bertz CT molecular complexity index is 857. The number of hydrogen-bond acceptors (Lipinski definition) is 3. The maximum absolute atomic E-state index is 13.0. The van der Waals surface area contributed by atoms with E-state index in [9.17, 15) is 9.59 Å². The van der Waals surface area contributed by atoms with Crippen LogP contribution < -0.4 is 10.6 Å². The lowest BCUT2D eigenvalue weighted by atomic mass is 10.1. The molecule has 1 unspecified atom stereocenters. The standard InChI is InChI=1S/C27H39ClN4O2/c1-4-31(5-2)19-9-10-22(3)29-26(33)18-21-32(20-17-23-11-7-6-8-12-23)27(34)30-25-15-13-24(28)14-16-25/h6-8,11-16,22H,4-5,9-10,17-21H2,1-3H3,(H,29,33)(H,30,34). The first-order chi connectivity index (χ1) is 16.4. The number of urea groups is 1. The fraction of sp³-hybridized carbons (Fsp3) is 0.481. The zero-order valence-corrected chi connectivity index (χ0v) is 21.5. The summed E-state index contributed by atoms with van der Waals surface area (Å²) in [4.78, 5) is 29.6. The third-order valence-corrected chi connectivity index (χ3v) is 6.17. The Morgan fingerprint density at radius 1 is 0.941 bits per heavy atom. The predicted octanol–water partition coefficient (Wildman–Crippen LogP) is 5.43. The molecule has 3 amide bonds. The van der Waals surface area contributed by atoms with Crippen LogP contribution in [0.15, 0.2) is 54.6 Å². The smallest absolute Gasteiger partial charge is 0.321 e. The molecule has 0 aliphatic heterocycles. The van der Waals surface area contributed by atoms with Crippen molar-refractivity contribution in [3.05, 3.63) is 65.2 Å². The van der Waals surface area contributed by atoms with Gasteiger partial charge in [0.2, 0.25) is 5.91 Å². The molecule has 7 heteroatoms. The lowest BCUT2D eigenvalue weighted by molar-refractivity contribution is -0.121. The topological polar surface area (TPSA) is 64.7 Å². The van der Waals surface area contributed by atoms with E-state index in [2.05, 4.69) is 29.4 Å². The van der Waals surface area contributed by atoms with Crippen LogP contribution >= 0.6 is 11.6 Å². The molecule has 2 N–H and O–H groups in total. The zero-order valence-electron chi connectivity index (χ0n) is 20.7. The van der Waals surface area contributed by atoms with Gasteiger partial charge in [0.05, 0.1) is 0 Å². The zero-order chi connectivity index (χ0) is 24.8. The fourth-order valence-electron chi connectivity index (χ4n) is 3.78. The molecule has 0 aliphatic carbocycles. The number of nitrogens with zero attached hydrogens (tertiary/aromatic N) is 2. The van der Waals surface area contributed by atoms with Gasteiger partial charge in [-0.05, 0) is 75.6 Å². The molecular weight excluding hydrogens is 448 g/mol. The normalized spacial score (nSPS) is 11.8. The van der Waals surface area contributed by atoms with Gasteiger partial charge in [-0.3, -0.25) is 4.79 Å². The molecule has 186 valence electrons. The highest BCUT2D eigenvalue weighted by molar-refractivity contribution is 6.30. The van der Waals surface area contributed by atoms with E-state index in [-0.39, 0.29) is 24.4 Å². The average Bonchev–Trinajstić information content (AvgIpc) is 2.84. The molecule has 6 nitrogen and oxygen atoms in total. The molecule has 0 spiro atoms. The molecule has 1 atom stereocenters. The lowest BCUT2D eigenvalue weighted by Crippen LogP contribution is -2.40. The number of nitrogens with one attached hydrogen (secondary N) is 2. The van der Waals surface area contributed by atoms with E-state index in [1.807, 2.05) is 37.3 Å². The highest BCUT2D eigenvalue weighted by Crippen LogP contribution is 2.14. The summed E-state index contributed by atoms with van der Waals surface area (Å²) in [7, 11) is 0. The summed E-state index contributed by atoms with van der Waals surface area (Å²) in [5.74, 6) is -0.0284. The largest absolute Gasteiger partial charge is 0.354 e. The molecular formula is C27H39ClN4O2.